The Kier molecular flexibility index (Phi) is 6.75. The number of fused-ring (bicyclic) bond motifs is 1. The van der Waals surface area contributed by atoms with E-state index in [1.54, 1.807) is 24.3 Å². The maximum atomic E-state index is 13.1. The molecule has 7 nitrogen and oxygen atoms in total. The molecule has 4 rings (SSSR count). The number of benzene rings is 3. The molecule has 0 atom stereocenters. The molecule has 0 saturated heterocycles. The zero-order chi connectivity index (χ0) is 24.2. The first-order valence-electron chi connectivity index (χ1n) is 10.8. The second-order valence-corrected chi connectivity index (χ2v) is 8.00. The van der Waals surface area contributed by atoms with Crippen LogP contribution >= 0.6 is 0 Å². The third-order valence-electron chi connectivity index (χ3n) is 5.62. The van der Waals surface area contributed by atoms with Gasteiger partial charge in [-0.25, -0.2) is 0 Å². The number of ketones is 1. The minimum Gasteiger partial charge on any atom is -0.507 e. The van der Waals surface area contributed by atoms with Crippen LogP contribution in [-0.2, 0) is 13.1 Å². The lowest BCUT2D eigenvalue weighted by atomic mass is 10.0. The van der Waals surface area contributed by atoms with Crippen LogP contribution in [0.4, 0.5) is 0 Å². The molecule has 34 heavy (non-hydrogen) atoms. The van der Waals surface area contributed by atoms with Gasteiger partial charge in [0.2, 0.25) is 11.5 Å². The Hall–Kier alpha value is -3.97. The van der Waals surface area contributed by atoms with Gasteiger partial charge in [0.05, 0.1) is 32.5 Å². The van der Waals surface area contributed by atoms with Gasteiger partial charge >= 0.3 is 0 Å². The van der Waals surface area contributed by atoms with Gasteiger partial charge in [-0.3, -0.25) is 9.69 Å². The average Bonchev–Trinajstić information content (AvgIpc) is 3.16. The Morgan fingerprint density at radius 2 is 1.62 bits per heavy atom. The van der Waals surface area contributed by atoms with Crippen molar-refractivity contribution >= 4 is 11.9 Å². The molecule has 0 radical (unpaired) electrons. The second-order valence-electron chi connectivity index (χ2n) is 8.00. The molecular formula is C27H27NO6. The minimum atomic E-state index is -0.254. The van der Waals surface area contributed by atoms with E-state index in [2.05, 4.69) is 4.90 Å². The molecule has 176 valence electrons. The highest BCUT2D eigenvalue weighted by atomic mass is 16.5. The first-order chi connectivity index (χ1) is 16.4. The van der Waals surface area contributed by atoms with Gasteiger partial charge in [-0.05, 0) is 48.5 Å². The van der Waals surface area contributed by atoms with Crippen LogP contribution < -0.4 is 18.9 Å². The van der Waals surface area contributed by atoms with Crippen LogP contribution in [0, 0.1) is 0 Å². The summed E-state index contributed by atoms with van der Waals surface area (Å²) in [4.78, 5) is 15.2. The van der Waals surface area contributed by atoms with Crippen LogP contribution in [0.15, 0.2) is 60.4 Å². The summed E-state index contributed by atoms with van der Waals surface area (Å²) in [6.07, 6.45) is 1.63. The van der Waals surface area contributed by atoms with Gasteiger partial charge in [-0.15, -0.1) is 0 Å². The number of phenolic OH excluding ortho intramolecular Hbond substituents is 1. The molecule has 1 aliphatic rings. The number of allylic oxidation sites excluding steroid dienone is 1. The highest BCUT2D eigenvalue weighted by Crippen LogP contribution is 2.42. The Labute approximate surface area is 198 Å². The summed E-state index contributed by atoms with van der Waals surface area (Å²) in [7, 11) is 6.54. The molecule has 3 aromatic rings. The minimum absolute atomic E-state index is 0.0838. The van der Waals surface area contributed by atoms with Gasteiger partial charge < -0.3 is 24.1 Å². The quantitative estimate of drug-likeness (QED) is 0.489. The Morgan fingerprint density at radius 3 is 2.24 bits per heavy atom. The van der Waals surface area contributed by atoms with E-state index in [1.165, 1.54) is 27.4 Å². The number of hydrogen-bond donors (Lipinski definition) is 1. The molecule has 0 amide bonds. The van der Waals surface area contributed by atoms with Gasteiger partial charge in [-0.1, -0.05) is 30.3 Å². The number of hydrogen-bond acceptors (Lipinski definition) is 7. The van der Waals surface area contributed by atoms with E-state index in [1.807, 2.05) is 37.4 Å². The van der Waals surface area contributed by atoms with E-state index in [0.717, 1.165) is 5.56 Å². The van der Waals surface area contributed by atoms with Crippen molar-refractivity contribution in [3.63, 3.8) is 0 Å². The molecule has 0 unspecified atom stereocenters. The van der Waals surface area contributed by atoms with Crippen LogP contribution in [0.5, 0.6) is 28.7 Å². The van der Waals surface area contributed by atoms with Gasteiger partial charge in [0.15, 0.2) is 17.3 Å². The fourth-order valence-corrected chi connectivity index (χ4v) is 4.01. The zero-order valence-electron chi connectivity index (χ0n) is 19.6. The predicted molar refractivity (Wildman–Crippen MR) is 129 cm³/mol. The van der Waals surface area contributed by atoms with Crippen molar-refractivity contribution in [1.82, 2.24) is 4.90 Å². The lowest BCUT2D eigenvalue weighted by Gasteiger charge is -2.19. The van der Waals surface area contributed by atoms with Crippen molar-refractivity contribution in [2.45, 2.75) is 13.1 Å². The number of carbonyl (C=O) groups is 1. The molecule has 7 heteroatoms. The number of carbonyl (C=O) groups excluding carboxylic acids is 1. The maximum absolute atomic E-state index is 13.1. The van der Waals surface area contributed by atoms with Crippen LogP contribution in [0.2, 0.25) is 0 Å². The molecule has 0 saturated carbocycles. The summed E-state index contributed by atoms with van der Waals surface area (Å²) in [6.45, 7) is 1.10. The van der Waals surface area contributed by atoms with Crippen LogP contribution in [0.3, 0.4) is 0 Å². The second kappa shape index (κ2) is 9.89. The Balaban J connectivity index is 1.64. The van der Waals surface area contributed by atoms with Gasteiger partial charge in [-0.2, -0.15) is 0 Å². The van der Waals surface area contributed by atoms with Gasteiger partial charge in [0, 0.05) is 13.1 Å². The van der Waals surface area contributed by atoms with Crippen LogP contribution in [0.25, 0.3) is 6.08 Å². The van der Waals surface area contributed by atoms with Gasteiger partial charge in [0.1, 0.15) is 11.5 Å². The standard InChI is InChI=1S/C27H27NO6/c1-28(15-17-8-6-5-7-9-17)16-20-21(29)11-10-19-25(30)22(34-26(19)20)12-18-13-23(31-2)27(33-4)24(14-18)32-3/h5-14,29H,15-16H2,1-4H3/b22-12-. The van der Waals surface area contributed by atoms with Crippen molar-refractivity contribution in [2.75, 3.05) is 28.4 Å². The normalized spacial score (nSPS) is 13.7. The summed E-state index contributed by atoms with van der Waals surface area (Å²) in [5.74, 6) is 1.76. The molecule has 0 bridgehead atoms. The average molecular weight is 462 g/mol. The topological polar surface area (TPSA) is 77.5 Å². The number of ether oxygens (including phenoxy) is 4. The van der Waals surface area contributed by atoms with Crippen molar-refractivity contribution in [1.29, 1.82) is 0 Å². The molecule has 1 N–H and O–H groups in total. The van der Waals surface area contributed by atoms with E-state index in [0.29, 0.717) is 52.8 Å². The third-order valence-corrected chi connectivity index (χ3v) is 5.62. The smallest absolute Gasteiger partial charge is 0.231 e. The molecule has 0 spiro atoms. The SMILES string of the molecule is COc1cc(/C=C2\Oc3c(ccc(O)c3CN(C)Cc3ccccc3)C2=O)cc(OC)c1OC. The van der Waals surface area contributed by atoms with Crippen LogP contribution in [0.1, 0.15) is 27.0 Å². The summed E-state index contributed by atoms with van der Waals surface area (Å²) >= 11 is 0. The molecule has 1 heterocycles. The zero-order valence-corrected chi connectivity index (χ0v) is 19.6. The van der Waals surface area contributed by atoms with E-state index in [9.17, 15) is 9.90 Å². The first-order valence-corrected chi connectivity index (χ1v) is 10.8. The molecule has 3 aromatic carbocycles. The van der Waals surface area contributed by atoms with Crippen LogP contribution in [-0.4, -0.2) is 44.2 Å². The summed E-state index contributed by atoms with van der Waals surface area (Å²) < 4.78 is 22.2. The van der Waals surface area contributed by atoms with Crippen molar-refractivity contribution in [3.8, 4) is 28.7 Å². The molecule has 0 aromatic heterocycles. The summed E-state index contributed by atoms with van der Waals surface area (Å²) in [5.41, 5.74) is 2.78. The highest BCUT2D eigenvalue weighted by Gasteiger charge is 2.31. The molecule has 1 aliphatic heterocycles. The lowest BCUT2D eigenvalue weighted by Crippen LogP contribution is -2.17. The fourth-order valence-electron chi connectivity index (χ4n) is 4.01. The lowest BCUT2D eigenvalue weighted by molar-refractivity contribution is 0.101. The largest absolute Gasteiger partial charge is 0.507 e. The molecule has 0 aliphatic carbocycles. The number of methoxy groups -OCH3 is 3. The van der Waals surface area contributed by atoms with Crippen molar-refractivity contribution in [3.05, 3.63) is 82.6 Å². The number of rotatable bonds is 8. The monoisotopic (exact) mass is 461 g/mol. The predicted octanol–water partition coefficient (Wildman–Crippen LogP) is 4.67. The maximum Gasteiger partial charge on any atom is 0.231 e. The number of aromatic hydroxyl groups is 1. The number of nitrogens with zero attached hydrogens (tertiary/aromatic N) is 1. The molecular weight excluding hydrogens is 434 g/mol. The summed E-state index contributed by atoms with van der Waals surface area (Å²) in [6, 6.07) is 16.6. The summed E-state index contributed by atoms with van der Waals surface area (Å²) in [5, 5.41) is 10.6. The Morgan fingerprint density at radius 1 is 0.941 bits per heavy atom. The number of Topliss-reactive ketones (excluding diaryl/α,β-unsaturated/α-hetero) is 1. The van der Waals surface area contributed by atoms with E-state index >= 15 is 0 Å². The fraction of sp³-hybridized carbons (Fsp3) is 0.222. The van der Waals surface area contributed by atoms with Gasteiger partial charge in [0.25, 0.3) is 0 Å². The van der Waals surface area contributed by atoms with Crippen molar-refractivity contribution in [2.24, 2.45) is 0 Å². The highest BCUT2D eigenvalue weighted by molar-refractivity contribution is 6.15. The third kappa shape index (κ3) is 4.56. The van der Waals surface area contributed by atoms with Crippen molar-refractivity contribution < 1.29 is 28.8 Å². The van der Waals surface area contributed by atoms with E-state index in [-0.39, 0.29) is 17.3 Å². The first kappa shape index (κ1) is 23.2. The molecule has 0 fully saturated rings. The van der Waals surface area contributed by atoms with E-state index < -0.39 is 0 Å². The van der Waals surface area contributed by atoms with E-state index in [4.69, 9.17) is 18.9 Å². The number of phenols is 1. The Bertz CT molecular complexity index is 1210.